The molecule has 0 N–H and O–H groups in total. The van der Waals surface area contributed by atoms with Crippen molar-refractivity contribution < 1.29 is 4.42 Å². The highest BCUT2D eigenvalue weighted by Gasteiger charge is 2.02. The third-order valence-electron chi connectivity index (χ3n) is 1.88. The summed E-state index contributed by atoms with van der Waals surface area (Å²) in [5, 5.41) is 0.538. The SMILES string of the molecule is Cc1ccc2c(=O)nc(C)oc2c1. The van der Waals surface area contributed by atoms with Crippen molar-refractivity contribution in [1.29, 1.82) is 0 Å². The Kier molecular flexibility index (Phi) is 1.65. The number of fused-ring (bicyclic) bond motifs is 1. The third kappa shape index (κ3) is 1.33. The van der Waals surface area contributed by atoms with Gasteiger partial charge in [0.1, 0.15) is 5.58 Å². The molecule has 0 aliphatic carbocycles. The van der Waals surface area contributed by atoms with E-state index in [2.05, 4.69) is 4.98 Å². The summed E-state index contributed by atoms with van der Waals surface area (Å²) < 4.78 is 5.31. The van der Waals surface area contributed by atoms with E-state index < -0.39 is 0 Å². The molecule has 0 aliphatic heterocycles. The Morgan fingerprint density at radius 3 is 2.85 bits per heavy atom. The lowest BCUT2D eigenvalue weighted by atomic mass is 10.2. The van der Waals surface area contributed by atoms with Gasteiger partial charge in [0.25, 0.3) is 5.56 Å². The Morgan fingerprint density at radius 1 is 1.31 bits per heavy atom. The van der Waals surface area contributed by atoms with Crippen LogP contribution >= 0.6 is 0 Å². The van der Waals surface area contributed by atoms with Crippen LogP contribution in [0, 0.1) is 13.8 Å². The summed E-state index contributed by atoms with van der Waals surface area (Å²) in [5.41, 5.74) is 1.46. The largest absolute Gasteiger partial charge is 0.442 e. The van der Waals surface area contributed by atoms with Crippen LogP contribution in [0.3, 0.4) is 0 Å². The third-order valence-corrected chi connectivity index (χ3v) is 1.88. The first-order chi connectivity index (χ1) is 6.16. The van der Waals surface area contributed by atoms with Gasteiger partial charge in [-0.2, -0.15) is 4.98 Å². The summed E-state index contributed by atoms with van der Waals surface area (Å²) >= 11 is 0. The minimum absolute atomic E-state index is 0.223. The molecule has 0 bridgehead atoms. The maximum Gasteiger partial charge on any atom is 0.283 e. The van der Waals surface area contributed by atoms with Crippen LogP contribution < -0.4 is 5.56 Å². The van der Waals surface area contributed by atoms with Crippen molar-refractivity contribution >= 4 is 11.0 Å². The number of hydrogen-bond acceptors (Lipinski definition) is 3. The molecule has 1 heterocycles. The van der Waals surface area contributed by atoms with Crippen molar-refractivity contribution in [1.82, 2.24) is 4.98 Å². The maximum absolute atomic E-state index is 11.3. The molecule has 1 aromatic heterocycles. The van der Waals surface area contributed by atoms with Gasteiger partial charge in [0.05, 0.1) is 5.39 Å². The smallest absolute Gasteiger partial charge is 0.283 e. The van der Waals surface area contributed by atoms with Crippen molar-refractivity contribution in [3.8, 4) is 0 Å². The molecule has 1 aromatic carbocycles. The summed E-state index contributed by atoms with van der Waals surface area (Å²) in [4.78, 5) is 15.0. The summed E-state index contributed by atoms with van der Waals surface area (Å²) in [6.45, 7) is 3.62. The van der Waals surface area contributed by atoms with Gasteiger partial charge < -0.3 is 4.42 Å². The summed E-state index contributed by atoms with van der Waals surface area (Å²) in [6, 6.07) is 5.45. The van der Waals surface area contributed by atoms with Crippen molar-refractivity contribution in [2.45, 2.75) is 13.8 Å². The molecule has 0 radical (unpaired) electrons. The zero-order valence-corrected chi connectivity index (χ0v) is 7.50. The predicted octanol–water partition coefficient (Wildman–Crippen LogP) is 1.80. The second-order valence-corrected chi connectivity index (χ2v) is 3.04. The van der Waals surface area contributed by atoms with Crippen molar-refractivity contribution in [3.63, 3.8) is 0 Å². The topological polar surface area (TPSA) is 43.1 Å². The predicted molar refractivity (Wildman–Crippen MR) is 49.8 cm³/mol. The molecule has 0 aliphatic rings. The van der Waals surface area contributed by atoms with E-state index in [1.54, 1.807) is 13.0 Å². The van der Waals surface area contributed by atoms with E-state index in [1.165, 1.54) is 0 Å². The lowest BCUT2D eigenvalue weighted by Crippen LogP contribution is -2.06. The zero-order chi connectivity index (χ0) is 9.42. The Bertz CT molecular complexity index is 509. The number of benzene rings is 1. The molecule has 13 heavy (non-hydrogen) atoms. The van der Waals surface area contributed by atoms with Crippen LogP contribution in [0.25, 0.3) is 11.0 Å². The van der Waals surface area contributed by atoms with E-state index in [4.69, 9.17) is 4.42 Å². The van der Waals surface area contributed by atoms with E-state index in [1.807, 2.05) is 19.1 Å². The van der Waals surface area contributed by atoms with E-state index >= 15 is 0 Å². The first-order valence-electron chi connectivity index (χ1n) is 4.05. The van der Waals surface area contributed by atoms with Crippen LogP contribution in [0.1, 0.15) is 11.5 Å². The van der Waals surface area contributed by atoms with Crippen LogP contribution in [0.15, 0.2) is 27.4 Å². The Labute approximate surface area is 75.0 Å². The van der Waals surface area contributed by atoms with Gasteiger partial charge in [0.15, 0.2) is 5.89 Å². The van der Waals surface area contributed by atoms with Gasteiger partial charge >= 0.3 is 0 Å². The number of rotatable bonds is 0. The monoisotopic (exact) mass is 175 g/mol. The molecule has 0 atom stereocenters. The number of nitrogens with zero attached hydrogens (tertiary/aromatic N) is 1. The molecule has 0 amide bonds. The van der Waals surface area contributed by atoms with E-state index in [9.17, 15) is 4.79 Å². The Balaban J connectivity index is 2.95. The molecule has 0 saturated heterocycles. The first-order valence-corrected chi connectivity index (χ1v) is 4.05. The van der Waals surface area contributed by atoms with Crippen LogP contribution in [0.4, 0.5) is 0 Å². The van der Waals surface area contributed by atoms with Gasteiger partial charge in [-0.15, -0.1) is 0 Å². The summed E-state index contributed by atoms with van der Waals surface area (Å²) in [7, 11) is 0. The van der Waals surface area contributed by atoms with E-state index in [-0.39, 0.29) is 5.56 Å². The maximum atomic E-state index is 11.3. The second kappa shape index (κ2) is 2.69. The second-order valence-electron chi connectivity index (χ2n) is 3.04. The first kappa shape index (κ1) is 7.98. The highest BCUT2D eigenvalue weighted by molar-refractivity contribution is 5.75. The number of aromatic nitrogens is 1. The fourth-order valence-electron chi connectivity index (χ4n) is 1.28. The average Bonchev–Trinajstić information content (AvgIpc) is 2.02. The Hall–Kier alpha value is -1.64. The van der Waals surface area contributed by atoms with Gasteiger partial charge in [-0.25, -0.2) is 0 Å². The number of hydrogen-bond donors (Lipinski definition) is 0. The van der Waals surface area contributed by atoms with Gasteiger partial charge in [-0.05, 0) is 24.6 Å². The molecular weight excluding hydrogens is 166 g/mol. The molecular formula is C10H9NO2. The van der Waals surface area contributed by atoms with Gasteiger partial charge in [-0.1, -0.05) is 6.07 Å². The van der Waals surface area contributed by atoms with E-state index in [0.29, 0.717) is 16.9 Å². The van der Waals surface area contributed by atoms with Crippen LogP contribution in [-0.4, -0.2) is 4.98 Å². The summed E-state index contributed by atoms with van der Waals surface area (Å²) in [6.07, 6.45) is 0. The molecule has 0 fully saturated rings. The zero-order valence-electron chi connectivity index (χ0n) is 7.50. The van der Waals surface area contributed by atoms with Gasteiger partial charge in [0, 0.05) is 6.92 Å². The highest BCUT2D eigenvalue weighted by atomic mass is 16.3. The molecule has 0 unspecified atom stereocenters. The van der Waals surface area contributed by atoms with Crippen LogP contribution in [0.2, 0.25) is 0 Å². The normalized spacial score (nSPS) is 10.6. The number of aryl methyl sites for hydroxylation is 2. The summed E-state index contributed by atoms with van der Waals surface area (Å²) in [5.74, 6) is 0.406. The highest BCUT2D eigenvalue weighted by Crippen LogP contribution is 2.11. The van der Waals surface area contributed by atoms with Gasteiger partial charge in [0.2, 0.25) is 0 Å². The quantitative estimate of drug-likeness (QED) is 0.613. The lowest BCUT2D eigenvalue weighted by molar-refractivity contribution is 0.534. The minimum Gasteiger partial charge on any atom is -0.442 e. The molecule has 2 rings (SSSR count). The molecule has 3 nitrogen and oxygen atoms in total. The lowest BCUT2D eigenvalue weighted by Gasteiger charge is -1.97. The van der Waals surface area contributed by atoms with Gasteiger partial charge in [-0.3, -0.25) is 4.79 Å². The van der Waals surface area contributed by atoms with Crippen molar-refractivity contribution in [3.05, 3.63) is 40.0 Å². The van der Waals surface area contributed by atoms with Crippen molar-refractivity contribution in [2.75, 3.05) is 0 Å². The molecule has 3 heteroatoms. The fraction of sp³-hybridized carbons (Fsp3) is 0.200. The van der Waals surface area contributed by atoms with E-state index in [0.717, 1.165) is 5.56 Å². The molecule has 2 aromatic rings. The fourth-order valence-corrected chi connectivity index (χ4v) is 1.28. The van der Waals surface area contributed by atoms with Crippen molar-refractivity contribution in [2.24, 2.45) is 0 Å². The van der Waals surface area contributed by atoms with Crippen LogP contribution in [-0.2, 0) is 0 Å². The molecule has 66 valence electrons. The molecule has 0 spiro atoms. The van der Waals surface area contributed by atoms with Crippen LogP contribution in [0.5, 0.6) is 0 Å². The Morgan fingerprint density at radius 2 is 2.08 bits per heavy atom. The average molecular weight is 175 g/mol. The minimum atomic E-state index is -0.223. The molecule has 0 saturated carbocycles. The standard InChI is InChI=1S/C10H9NO2/c1-6-3-4-8-9(5-6)13-7(2)11-10(8)12/h3-5H,1-2H3.